The molecule has 15 heteroatoms. The van der Waals surface area contributed by atoms with Gasteiger partial charge in [-0.05, 0) is 104 Å². The third kappa shape index (κ3) is 10.2. The van der Waals surface area contributed by atoms with Gasteiger partial charge in [0.15, 0.2) is 5.96 Å². The summed E-state index contributed by atoms with van der Waals surface area (Å²) in [6.07, 6.45) is 1.87. The molecule has 330 valence electrons. The first kappa shape index (κ1) is 45.2. The molecule has 0 unspecified atom stereocenters. The summed E-state index contributed by atoms with van der Waals surface area (Å²) in [6.45, 7) is 9.89. The van der Waals surface area contributed by atoms with Crippen molar-refractivity contribution in [3.63, 3.8) is 0 Å². The van der Waals surface area contributed by atoms with E-state index in [0.29, 0.717) is 22.1 Å². The molecule has 0 spiro atoms. The first-order valence-electron chi connectivity index (χ1n) is 21.2. The Hall–Kier alpha value is -5.79. The van der Waals surface area contributed by atoms with E-state index in [1.807, 2.05) is 77.1 Å². The van der Waals surface area contributed by atoms with Crippen LogP contribution in [0.5, 0.6) is 0 Å². The molecule has 4 amide bonds. The Morgan fingerprint density at radius 2 is 1.43 bits per heavy atom. The summed E-state index contributed by atoms with van der Waals surface area (Å²) < 4.78 is 15.0. The molecule has 2 aliphatic heterocycles. The maximum atomic E-state index is 15.0. The monoisotopic (exact) mass is 894 g/mol. The molecule has 12 nitrogen and oxygen atoms in total. The number of nitrogens with zero attached hydrogens (tertiary/aromatic N) is 4. The van der Waals surface area contributed by atoms with Crippen LogP contribution in [0.3, 0.4) is 0 Å². The van der Waals surface area contributed by atoms with E-state index in [9.17, 15) is 19.2 Å². The Morgan fingerprint density at radius 3 is 2.08 bits per heavy atom. The van der Waals surface area contributed by atoms with E-state index in [2.05, 4.69) is 16.0 Å². The number of guanidine groups is 2. The van der Waals surface area contributed by atoms with E-state index in [-0.39, 0.29) is 96.2 Å². The van der Waals surface area contributed by atoms with Crippen LogP contribution in [0.15, 0.2) is 101 Å². The van der Waals surface area contributed by atoms with Crippen molar-refractivity contribution < 1.29 is 23.6 Å². The number of hydrogen-bond acceptors (Lipinski definition) is 7. The molecule has 0 bridgehead atoms. The highest BCUT2D eigenvalue weighted by Crippen LogP contribution is 2.46. The summed E-state index contributed by atoms with van der Waals surface area (Å²) in [4.78, 5) is 67.8. The summed E-state index contributed by atoms with van der Waals surface area (Å²) in [5.74, 6) is -1.66. The predicted octanol–water partition coefficient (Wildman–Crippen LogP) is 8.10. The second-order valence-electron chi connectivity index (χ2n) is 17.5. The molecule has 7 rings (SSSR count). The van der Waals surface area contributed by atoms with Crippen LogP contribution < -0.4 is 21.7 Å². The number of carbonyl (C=O) groups is 4. The first-order valence-corrected chi connectivity index (χ1v) is 22.0. The molecule has 0 aromatic heterocycles. The van der Waals surface area contributed by atoms with Crippen LogP contribution >= 0.6 is 23.2 Å². The predicted molar refractivity (Wildman–Crippen MR) is 244 cm³/mol. The van der Waals surface area contributed by atoms with Crippen molar-refractivity contribution in [3.05, 3.63) is 140 Å². The Bertz CT molecular complexity index is 2480. The van der Waals surface area contributed by atoms with E-state index >= 15 is 4.39 Å². The van der Waals surface area contributed by atoms with Gasteiger partial charge >= 0.3 is 0 Å². The summed E-state index contributed by atoms with van der Waals surface area (Å²) >= 11 is 12.8. The van der Waals surface area contributed by atoms with Crippen molar-refractivity contribution in [3.8, 4) is 0 Å². The highest BCUT2D eigenvalue weighted by molar-refractivity contribution is 6.34. The van der Waals surface area contributed by atoms with Crippen molar-refractivity contribution in [1.82, 2.24) is 25.8 Å². The number of nitrogens with two attached hydrogens (primary N) is 1. The normalized spacial score (nSPS) is 21.8. The lowest BCUT2D eigenvalue weighted by molar-refractivity contribution is -0.132. The van der Waals surface area contributed by atoms with Gasteiger partial charge in [-0.1, -0.05) is 91.6 Å². The van der Waals surface area contributed by atoms with Crippen molar-refractivity contribution >= 4 is 58.7 Å². The highest BCUT2D eigenvalue weighted by atomic mass is 35.5. The maximum Gasteiger partial charge on any atom is 0.254 e. The second-order valence-corrected chi connectivity index (χ2v) is 18.3. The number of halogens is 3. The number of rotatable bonds is 14. The molecule has 2 heterocycles. The van der Waals surface area contributed by atoms with E-state index in [0.717, 1.165) is 24.0 Å². The van der Waals surface area contributed by atoms with Crippen LogP contribution in [0.1, 0.15) is 115 Å². The number of benzene rings is 4. The van der Waals surface area contributed by atoms with Gasteiger partial charge in [-0.25, -0.2) is 9.38 Å². The second kappa shape index (κ2) is 18.5. The Kier molecular flexibility index (Phi) is 13.3. The highest BCUT2D eigenvalue weighted by Gasteiger charge is 2.51. The zero-order valence-electron chi connectivity index (χ0n) is 36.1. The molecule has 63 heavy (non-hydrogen) atoms. The van der Waals surface area contributed by atoms with Crippen LogP contribution in [-0.4, -0.2) is 63.0 Å². The van der Waals surface area contributed by atoms with Crippen LogP contribution in [0.2, 0.25) is 10.0 Å². The van der Waals surface area contributed by atoms with Crippen molar-refractivity contribution in [2.24, 2.45) is 27.6 Å². The number of aliphatic imine (C=N–C) groups is 2. The lowest BCUT2D eigenvalue weighted by atomic mass is 9.83. The smallest absolute Gasteiger partial charge is 0.254 e. The molecule has 4 aromatic carbocycles. The zero-order chi connectivity index (χ0) is 45.2. The largest absolute Gasteiger partial charge is 0.369 e. The minimum absolute atomic E-state index is 0.000388. The van der Waals surface area contributed by atoms with Crippen LogP contribution in [-0.2, 0) is 22.7 Å². The number of hydrogen-bond donors (Lipinski definition) is 4. The topological polar surface area (TPSA) is 162 Å². The average Bonchev–Trinajstić information content (AvgIpc) is 4.11. The van der Waals surface area contributed by atoms with Crippen molar-refractivity contribution in [2.45, 2.75) is 96.6 Å². The number of carbonyl (C=O) groups excluding carboxylic acids is 4. The Morgan fingerprint density at radius 1 is 0.825 bits per heavy atom. The standard InChI is InChI=1S/C48H53Cl2FN8O4/c1-28(2)47(5)23-41(60)59(26-31-14-18-39(50)37(20-31)43(62)55-30(4)34-12-9-13-36(49)22-34)46(57-47)53-27-48(35-16-17-35)24-42(61)58(45(52)56-48)25-32-15-19-40(51)38(21-32)44(63)54-29(3)33-10-7-6-8-11-33/h6-15,18-22,28-30,35H,16-17,23-27H2,1-5H3,(H2,52,56)(H,53,57)(H,54,63)(H,55,62)/t29-,30-,47-,48+/m0/s1. The van der Waals surface area contributed by atoms with E-state index < -0.39 is 22.8 Å². The maximum absolute atomic E-state index is 15.0. The Labute approximate surface area is 377 Å². The molecule has 2 fully saturated rings. The molecule has 1 saturated heterocycles. The van der Waals surface area contributed by atoms with Crippen LogP contribution in [0.4, 0.5) is 4.39 Å². The van der Waals surface area contributed by atoms with Gasteiger partial charge < -0.3 is 21.7 Å². The summed E-state index contributed by atoms with van der Waals surface area (Å²) in [5, 5.41) is 10.2. The fraction of sp³-hybridized carbons (Fsp3) is 0.375. The van der Waals surface area contributed by atoms with E-state index in [1.54, 1.807) is 35.2 Å². The Balaban J connectivity index is 1.11. The van der Waals surface area contributed by atoms with E-state index in [1.165, 1.54) is 23.1 Å². The molecule has 5 N–H and O–H groups in total. The van der Waals surface area contributed by atoms with Gasteiger partial charge in [0.1, 0.15) is 5.82 Å². The lowest BCUT2D eigenvalue weighted by Crippen LogP contribution is -2.63. The van der Waals surface area contributed by atoms with Gasteiger partial charge in [-0.2, -0.15) is 0 Å². The molecule has 0 radical (unpaired) electrons. The number of nitrogens with one attached hydrogen (secondary N) is 3. The average molecular weight is 896 g/mol. The first-order chi connectivity index (χ1) is 29.9. The molecule has 4 aromatic rings. The number of amides is 4. The van der Waals surface area contributed by atoms with Crippen LogP contribution in [0, 0.1) is 17.7 Å². The van der Waals surface area contributed by atoms with E-state index in [4.69, 9.17) is 38.9 Å². The molecule has 3 aliphatic rings. The SMILES string of the molecule is CC(C)[C@]1(C)CC(=O)N(Cc2ccc(Cl)c(C(=O)N[C@@H](C)c3cccc(Cl)c3)c2)C(=NC[C@@]2(C3CC3)CC(=O)N(Cc3ccc(F)c(C(=O)N[C@@H](C)c4ccccc4)c3)C(N)=N2)N1. The lowest BCUT2D eigenvalue weighted by Gasteiger charge is -2.44. The van der Waals surface area contributed by atoms with Gasteiger partial charge in [0.05, 0.1) is 66.2 Å². The van der Waals surface area contributed by atoms with Gasteiger partial charge in [0.2, 0.25) is 17.8 Å². The van der Waals surface area contributed by atoms with Crippen LogP contribution in [0.25, 0.3) is 0 Å². The van der Waals surface area contributed by atoms with Gasteiger partial charge in [0.25, 0.3) is 11.8 Å². The minimum atomic E-state index is -0.959. The van der Waals surface area contributed by atoms with Crippen molar-refractivity contribution in [2.75, 3.05) is 6.54 Å². The summed E-state index contributed by atoms with van der Waals surface area (Å²) in [6, 6.07) is 25.2. The molecular formula is C48H53Cl2FN8O4. The zero-order valence-corrected chi connectivity index (χ0v) is 37.6. The summed E-state index contributed by atoms with van der Waals surface area (Å²) in [5.41, 5.74) is 8.01. The quantitative estimate of drug-likeness (QED) is 0.100. The fourth-order valence-corrected chi connectivity index (χ4v) is 8.49. The van der Waals surface area contributed by atoms with Crippen molar-refractivity contribution in [1.29, 1.82) is 0 Å². The van der Waals surface area contributed by atoms with Gasteiger partial charge in [-0.15, -0.1) is 0 Å². The van der Waals surface area contributed by atoms with Gasteiger partial charge in [-0.3, -0.25) is 34.0 Å². The third-order valence-electron chi connectivity index (χ3n) is 12.5. The minimum Gasteiger partial charge on any atom is -0.369 e. The third-order valence-corrected chi connectivity index (χ3v) is 13.1. The fourth-order valence-electron chi connectivity index (χ4n) is 8.09. The van der Waals surface area contributed by atoms with Gasteiger partial charge in [0, 0.05) is 10.6 Å². The molecule has 1 saturated carbocycles. The molecule has 1 aliphatic carbocycles. The molecular weight excluding hydrogens is 842 g/mol. The summed E-state index contributed by atoms with van der Waals surface area (Å²) in [7, 11) is 0. The molecule has 4 atom stereocenters.